The van der Waals surface area contributed by atoms with Gasteiger partial charge in [-0.05, 0) is 25.5 Å². The van der Waals surface area contributed by atoms with Crippen LogP contribution in [0.2, 0.25) is 0 Å². The molecule has 1 aromatic carbocycles. The number of carbonyl (C=O) groups is 1. The van der Waals surface area contributed by atoms with Gasteiger partial charge in [-0.1, -0.05) is 12.1 Å². The van der Waals surface area contributed by atoms with Gasteiger partial charge >= 0.3 is 0 Å². The average molecular weight is 233 g/mol. The second-order valence-corrected chi connectivity index (χ2v) is 3.87. The molecule has 1 heterocycles. The fourth-order valence-corrected chi connectivity index (χ4v) is 1.92. The van der Waals surface area contributed by atoms with Crippen molar-refractivity contribution < 1.29 is 9.53 Å². The molecule has 0 atom stereocenters. The van der Waals surface area contributed by atoms with Gasteiger partial charge in [0, 0.05) is 43.4 Å². The number of aldehydes is 1. The molecule has 92 valence electrons. The number of benzene rings is 1. The molecule has 0 aliphatic carbocycles. The summed E-state index contributed by atoms with van der Waals surface area (Å²) >= 11 is 0. The Kier molecular flexibility index (Phi) is 4.91. The molecule has 0 saturated heterocycles. The largest absolute Gasteiger partial charge is 0.388 e. The first kappa shape index (κ1) is 13.5. The molecule has 0 bridgehead atoms. The maximum absolute atomic E-state index is 10.9. The van der Waals surface area contributed by atoms with Gasteiger partial charge in [0.1, 0.15) is 0 Å². The predicted octanol–water partition coefficient (Wildman–Crippen LogP) is 3.04. The zero-order valence-electron chi connectivity index (χ0n) is 10.9. The lowest BCUT2D eigenvalue weighted by Gasteiger charge is -2.00. The molecule has 3 heteroatoms. The third-order valence-electron chi connectivity index (χ3n) is 2.61. The van der Waals surface area contributed by atoms with Gasteiger partial charge in [-0.15, -0.1) is 0 Å². The van der Waals surface area contributed by atoms with Crippen molar-refractivity contribution >= 4 is 17.2 Å². The Balaban J connectivity index is 0.000000437. The van der Waals surface area contributed by atoms with E-state index in [1.807, 2.05) is 25.3 Å². The molecule has 3 nitrogen and oxygen atoms in total. The minimum atomic E-state index is 0.792. The molecule has 0 saturated carbocycles. The third-order valence-corrected chi connectivity index (χ3v) is 2.61. The van der Waals surface area contributed by atoms with E-state index in [1.165, 1.54) is 0 Å². The highest BCUT2D eigenvalue weighted by Gasteiger charge is 2.07. The number of hydrogen-bond acceptors (Lipinski definition) is 2. The van der Waals surface area contributed by atoms with E-state index in [4.69, 9.17) is 0 Å². The Hall–Kier alpha value is -1.61. The van der Waals surface area contributed by atoms with Crippen LogP contribution in [0.1, 0.15) is 22.8 Å². The second-order valence-electron chi connectivity index (χ2n) is 3.87. The molecule has 2 rings (SSSR count). The SMILES string of the molecule is CCn1cc(C=O)c2c(C)cccc21.COC. The highest BCUT2D eigenvalue weighted by molar-refractivity contribution is 5.99. The van der Waals surface area contributed by atoms with Crippen LogP contribution in [0, 0.1) is 6.92 Å². The molecule has 2 aromatic rings. The summed E-state index contributed by atoms with van der Waals surface area (Å²) in [6.07, 6.45) is 2.85. The number of methoxy groups -OCH3 is 1. The summed E-state index contributed by atoms with van der Waals surface area (Å²) in [5.41, 5.74) is 3.10. The van der Waals surface area contributed by atoms with Crippen LogP contribution >= 0.6 is 0 Å². The van der Waals surface area contributed by atoms with Crippen LogP contribution in [0.5, 0.6) is 0 Å². The number of ether oxygens (including phenoxy) is 1. The lowest BCUT2D eigenvalue weighted by Crippen LogP contribution is -1.90. The fourth-order valence-electron chi connectivity index (χ4n) is 1.92. The van der Waals surface area contributed by atoms with Crippen LogP contribution < -0.4 is 0 Å². The summed E-state index contributed by atoms with van der Waals surface area (Å²) in [6.45, 7) is 5.01. The summed E-state index contributed by atoms with van der Waals surface area (Å²) in [4.78, 5) is 10.9. The molecule has 0 aliphatic heterocycles. The second kappa shape index (κ2) is 6.21. The molecule has 0 fully saturated rings. The molecule has 0 spiro atoms. The van der Waals surface area contributed by atoms with Crippen molar-refractivity contribution in [2.75, 3.05) is 14.2 Å². The molecule has 0 unspecified atom stereocenters. The van der Waals surface area contributed by atoms with Gasteiger partial charge in [0.05, 0.1) is 0 Å². The van der Waals surface area contributed by atoms with Gasteiger partial charge in [0.25, 0.3) is 0 Å². The average Bonchev–Trinajstić information content (AvgIpc) is 2.69. The zero-order chi connectivity index (χ0) is 12.8. The maximum Gasteiger partial charge on any atom is 0.152 e. The molecule has 0 N–H and O–H groups in total. The topological polar surface area (TPSA) is 31.2 Å². The van der Waals surface area contributed by atoms with E-state index in [0.717, 1.165) is 34.9 Å². The molecular formula is C14H19NO2. The number of aromatic nitrogens is 1. The van der Waals surface area contributed by atoms with Gasteiger partial charge in [0.2, 0.25) is 0 Å². The van der Waals surface area contributed by atoms with Crippen molar-refractivity contribution in [2.24, 2.45) is 0 Å². The number of carbonyl (C=O) groups excluding carboxylic acids is 1. The van der Waals surface area contributed by atoms with E-state index in [0.29, 0.717) is 0 Å². The summed E-state index contributed by atoms with van der Waals surface area (Å²) in [6, 6.07) is 6.12. The quantitative estimate of drug-likeness (QED) is 0.746. The van der Waals surface area contributed by atoms with Gasteiger partial charge in [-0.2, -0.15) is 0 Å². The zero-order valence-corrected chi connectivity index (χ0v) is 10.9. The Bertz CT molecular complexity index is 500. The minimum Gasteiger partial charge on any atom is -0.388 e. The lowest BCUT2D eigenvalue weighted by molar-refractivity contribution is 0.112. The maximum atomic E-state index is 10.9. The van der Waals surface area contributed by atoms with Crippen LogP contribution in [0.4, 0.5) is 0 Å². The van der Waals surface area contributed by atoms with Crippen molar-refractivity contribution in [1.82, 2.24) is 4.57 Å². The van der Waals surface area contributed by atoms with E-state index in [2.05, 4.69) is 22.3 Å². The predicted molar refractivity (Wildman–Crippen MR) is 70.7 cm³/mol. The van der Waals surface area contributed by atoms with Gasteiger partial charge in [0.15, 0.2) is 6.29 Å². The van der Waals surface area contributed by atoms with E-state index in [1.54, 1.807) is 14.2 Å². The number of aryl methyl sites for hydroxylation is 2. The van der Waals surface area contributed by atoms with Crippen LogP contribution in [-0.2, 0) is 11.3 Å². The van der Waals surface area contributed by atoms with Crippen molar-refractivity contribution in [3.8, 4) is 0 Å². The number of rotatable bonds is 2. The first-order valence-corrected chi connectivity index (χ1v) is 5.63. The Morgan fingerprint density at radius 3 is 2.53 bits per heavy atom. The Morgan fingerprint density at radius 1 is 1.35 bits per heavy atom. The van der Waals surface area contributed by atoms with Crippen LogP contribution in [0.25, 0.3) is 10.9 Å². The summed E-state index contributed by atoms with van der Waals surface area (Å²) < 4.78 is 6.35. The van der Waals surface area contributed by atoms with Crippen molar-refractivity contribution in [1.29, 1.82) is 0 Å². The molecular weight excluding hydrogens is 214 g/mol. The lowest BCUT2D eigenvalue weighted by atomic mass is 10.1. The molecule has 0 radical (unpaired) electrons. The highest BCUT2D eigenvalue weighted by Crippen LogP contribution is 2.23. The first-order chi connectivity index (χ1) is 8.19. The molecule has 0 amide bonds. The first-order valence-electron chi connectivity index (χ1n) is 5.63. The van der Waals surface area contributed by atoms with Crippen molar-refractivity contribution in [3.63, 3.8) is 0 Å². The van der Waals surface area contributed by atoms with E-state index in [-0.39, 0.29) is 0 Å². The van der Waals surface area contributed by atoms with Crippen molar-refractivity contribution in [3.05, 3.63) is 35.5 Å². The monoisotopic (exact) mass is 233 g/mol. The molecule has 17 heavy (non-hydrogen) atoms. The standard InChI is InChI=1S/C12H13NO.C2H6O/c1-3-13-7-10(8-14)12-9(2)5-4-6-11(12)13;1-3-2/h4-8H,3H2,1-2H3;1-2H3. The van der Waals surface area contributed by atoms with Crippen LogP contribution in [-0.4, -0.2) is 25.1 Å². The van der Waals surface area contributed by atoms with E-state index in [9.17, 15) is 4.79 Å². The number of hydrogen-bond donors (Lipinski definition) is 0. The number of nitrogens with zero attached hydrogens (tertiary/aromatic N) is 1. The molecule has 1 aromatic heterocycles. The van der Waals surface area contributed by atoms with E-state index >= 15 is 0 Å². The minimum absolute atomic E-state index is 0.792. The van der Waals surface area contributed by atoms with Crippen LogP contribution in [0.3, 0.4) is 0 Å². The normalized spacial score (nSPS) is 9.88. The van der Waals surface area contributed by atoms with Gasteiger partial charge in [-0.3, -0.25) is 4.79 Å². The van der Waals surface area contributed by atoms with E-state index < -0.39 is 0 Å². The summed E-state index contributed by atoms with van der Waals surface area (Å²) in [5.74, 6) is 0. The number of fused-ring (bicyclic) bond motifs is 1. The summed E-state index contributed by atoms with van der Waals surface area (Å²) in [5, 5.41) is 1.09. The Labute approximate surface area is 102 Å². The van der Waals surface area contributed by atoms with Gasteiger partial charge < -0.3 is 9.30 Å². The fraction of sp³-hybridized carbons (Fsp3) is 0.357. The van der Waals surface area contributed by atoms with Gasteiger partial charge in [-0.25, -0.2) is 0 Å². The third kappa shape index (κ3) is 2.74. The summed E-state index contributed by atoms with van der Waals surface area (Å²) in [7, 11) is 3.25. The Morgan fingerprint density at radius 2 is 2.00 bits per heavy atom. The van der Waals surface area contributed by atoms with Crippen molar-refractivity contribution in [2.45, 2.75) is 20.4 Å². The van der Waals surface area contributed by atoms with Crippen LogP contribution in [0.15, 0.2) is 24.4 Å². The smallest absolute Gasteiger partial charge is 0.152 e. The molecule has 0 aliphatic rings. The highest BCUT2D eigenvalue weighted by atomic mass is 16.4.